The van der Waals surface area contributed by atoms with Crippen molar-refractivity contribution < 1.29 is 9.59 Å². The third-order valence-electron chi connectivity index (χ3n) is 9.62. The summed E-state index contributed by atoms with van der Waals surface area (Å²) in [6.07, 6.45) is 2.96. The smallest absolute Gasteiger partial charge is 0.194 e. The number of carbonyl (C=O) groups is 2. The molecule has 4 nitrogen and oxygen atoms in total. The quantitative estimate of drug-likeness (QED) is 0.160. The first-order chi connectivity index (χ1) is 27.6. The van der Waals surface area contributed by atoms with Gasteiger partial charge < -0.3 is 9.47 Å². The summed E-state index contributed by atoms with van der Waals surface area (Å²) < 4.78 is 2.17. The Morgan fingerprint density at radius 2 is 0.911 bits per heavy atom. The highest BCUT2D eigenvalue weighted by Gasteiger charge is 2.30. The monoisotopic (exact) mass is 730 g/mol. The van der Waals surface area contributed by atoms with E-state index in [1.165, 1.54) is 0 Å². The van der Waals surface area contributed by atoms with Crippen LogP contribution in [0.4, 0.5) is 17.1 Å². The van der Waals surface area contributed by atoms with E-state index in [0.29, 0.717) is 22.3 Å². The molecule has 0 bridgehead atoms. The number of aromatic nitrogens is 1. The molecule has 1 aromatic heterocycles. The Balaban J connectivity index is 0.000000618. The van der Waals surface area contributed by atoms with Crippen LogP contribution in [0.25, 0.3) is 38.6 Å². The predicted molar refractivity (Wildman–Crippen MR) is 237 cm³/mol. The largest absolute Gasteiger partial charge is 0.311 e. The summed E-state index contributed by atoms with van der Waals surface area (Å²) in [4.78, 5) is 30.1. The van der Waals surface area contributed by atoms with Gasteiger partial charge in [0.15, 0.2) is 11.6 Å². The van der Waals surface area contributed by atoms with Gasteiger partial charge in [0.1, 0.15) is 0 Å². The van der Waals surface area contributed by atoms with Gasteiger partial charge in [-0.2, -0.15) is 0 Å². The summed E-state index contributed by atoms with van der Waals surface area (Å²) in [5.41, 5.74) is 9.72. The van der Waals surface area contributed by atoms with Crippen molar-refractivity contribution in [2.75, 3.05) is 4.90 Å². The number of allylic oxidation sites excluding steroid dienone is 1. The number of fused-ring (bicyclic) bond motifs is 5. The molecule has 0 aliphatic heterocycles. The average Bonchev–Trinajstić information content (AvgIpc) is 3.62. The van der Waals surface area contributed by atoms with E-state index in [0.717, 1.165) is 62.1 Å². The van der Waals surface area contributed by atoms with Gasteiger partial charge in [0.05, 0.1) is 11.0 Å². The SMILES string of the molecule is C=C.C=CCC.CC.O=C1c2ccc(-n3c4ccccc4c4ccccc43)cc2C(=O)c2ccc(-c3ccc(N(c4ccccc4)c4ccccc4)cc3)cc21. The molecule has 276 valence electrons. The molecule has 1 aliphatic carbocycles. The molecule has 8 aromatic rings. The molecule has 0 spiro atoms. The van der Waals surface area contributed by atoms with Crippen molar-refractivity contribution in [3.05, 3.63) is 218 Å². The molecule has 7 aromatic carbocycles. The highest BCUT2D eigenvalue weighted by atomic mass is 16.1. The van der Waals surface area contributed by atoms with Crippen molar-refractivity contribution >= 4 is 50.4 Å². The number of hydrogen-bond acceptors (Lipinski definition) is 3. The number of ketones is 2. The topological polar surface area (TPSA) is 42.3 Å². The molecule has 1 aliphatic rings. The van der Waals surface area contributed by atoms with E-state index >= 15 is 0 Å². The number of carbonyl (C=O) groups excluding carboxylic acids is 2. The summed E-state index contributed by atoms with van der Waals surface area (Å²) in [5, 5.41) is 2.29. The van der Waals surface area contributed by atoms with Gasteiger partial charge in [0.2, 0.25) is 0 Å². The first-order valence-corrected chi connectivity index (χ1v) is 19.0. The lowest BCUT2D eigenvalue weighted by atomic mass is 9.82. The van der Waals surface area contributed by atoms with Gasteiger partial charge in [-0.25, -0.2) is 0 Å². The Kier molecular flexibility index (Phi) is 12.3. The second-order valence-electron chi connectivity index (χ2n) is 12.8. The van der Waals surface area contributed by atoms with E-state index in [4.69, 9.17) is 0 Å². The van der Waals surface area contributed by atoms with E-state index in [-0.39, 0.29) is 11.6 Å². The van der Waals surface area contributed by atoms with Crippen LogP contribution in [0.2, 0.25) is 0 Å². The number of hydrogen-bond donors (Lipinski definition) is 0. The molecule has 0 saturated heterocycles. The number of rotatable bonds is 6. The Bertz CT molecular complexity index is 2530. The maximum Gasteiger partial charge on any atom is 0.194 e. The summed E-state index contributed by atoms with van der Waals surface area (Å²) in [6, 6.07) is 56.6. The standard InChI is InChI=1S/C44H28N2O2.C4H8.C2H6.C2H4/c47-43-38-26-24-34(46-41-17-9-7-15-35(41)36-16-8-10-18-42(36)46)28-40(38)44(48)37-25-21-30(27-39(37)43)29-19-22-33(23-20-29)45(31-11-3-1-4-12-31)32-13-5-2-6-14-32;1-3-4-2;2*1-2/h1-28H;3H,1,4H2,2H3;1-2H3;1-2H2. The molecular formula is C52H46N2O2. The molecule has 4 heteroatoms. The first-order valence-electron chi connectivity index (χ1n) is 19.0. The molecule has 0 amide bonds. The second-order valence-corrected chi connectivity index (χ2v) is 12.8. The van der Waals surface area contributed by atoms with E-state index < -0.39 is 0 Å². The van der Waals surface area contributed by atoms with Crippen LogP contribution in [0, 0.1) is 0 Å². The molecule has 0 saturated carbocycles. The lowest BCUT2D eigenvalue weighted by Gasteiger charge is -2.25. The van der Waals surface area contributed by atoms with Gasteiger partial charge >= 0.3 is 0 Å². The van der Waals surface area contributed by atoms with Crippen molar-refractivity contribution in [1.29, 1.82) is 0 Å². The van der Waals surface area contributed by atoms with Gasteiger partial charge in [-0.3, -0.25) is 9.59 Å². The Morgan fingerprint density at radius 1 is 0.500 bits per heavy atom. The minimum Gasteiger partial charge on any atom is -0.311 e. The van der Waals surface area contributed by atoms with Crippen LogP contribution >= 0.6 is 0 Å². The fourth-order valence-electron chi connectivity index (χ4n) is 7.06. The highest BCUT2D eigenvalue weighted by Crippen LogP contribution is 2.38. The van der Waals surface area contributed by atoms with Crippen molar-refractivity contribution in [3.8, 4) is 16.8 Å². The van der Waals surface area contributed by atoms with Gasteiger partial charge in [0.25, 0.3) is 0 Å². The van der Waals surface area contributed by atoms with Gasteiger partial charge in [-0.1, -0.05) is 118 Å². The van der Waals surface area contributed by atoms with E-state index in [1.54, 1.807) is 12.1 Å². The Morgan fingerprint density at radius 3 is 1.41 bits per heavy atom. The van der Waals surface area contributed by atoms with Crippen molar-refractivity contribution in [3.63, 3.8) is 0 Å². The minimum absolute atomic E-state index is 0.133. The Labute approximate surface area is 330 Å². The number of para-hydroxylation sites is 4. The Hall–Kier alpha value is -7.04. The predicted octanol–water partition coefficient (Wildman–Crippen LogP) is 14.1. The fourth-order valence-corrected chi connectivity index (χ4v) is 7.06. The van der Waals surface area contributed by atoms with Crippen LogP contribution in [0.3, 0.4) is 0 Å². The molecule has 1 heterocycles. The van der Waals surface area contributed by atoms with Crippen LogP contribution in [-0.2, 0) is 0 Å². The van der Waals surface area contributed by atoms with Crippen LogP contribution in [0.15, 0.2) is 196 Å². The third-order valence-corrected chi connectivity index (χ3v) is 9.62. The number of anilines is 3. The average molecular weight is 731 g/mol. The molecule has 0 N–H and O–H groups in total. The van der Waals surface area contributed by atoms with Crippen molar-refractivity contribution in [1.82, 2.24) is 4.57 Å². The molecule has 9 rings (SSSR count). The number of benzene rings is 7. The highest BCUT2D eigenvalue weighted by molar-refractivity contribution is 6.29. The summed E-state index contributed by atoms with van der Waals surface area (Å²) >= 11 is 0. The molecule has 56 heavy (non-hydrogen) atoms. The maximum absolute atomic E-state index is 14.0. The van der Waals surface area contributed by atoms with Crippen molar-refractivity contribution in [2.24, 2.45) is 0 Å². The van der Waals surface area contributed by atoms with E-state index in [2.05, 4.69) is 109 Å². The van der Waals surface area contributed by atoms with Gasteiger partial charge in [-0.05, 0) is 96.4 Å². The van der Waals surface area contributed by atoms with E-state index in [9.17, 15) is 9.59 Å². The zero-order chi connectivity index (χ0) is 39.6. The molecule has 0 unspecified atom stereocenters. The molecular weight excluding hydrogens is 685 g/mol. The fraction of sp³-hybridized carbons (Fsp3) is 0.0769. The molecule has 0 atom stereocenters. The number of nitrogens with zero attached hydrogens (tertiary/aromatic N) is 2. The first kappa shape index (κ1) is 38.7. The summed E-state index contributed by atoms with van der Waals surface area (Å²) in [6.45, 7) is 15.5. The lowest BCUT2D eigenvalue weighted by Crippen LogP contribution is -2.21. The maximum atomic E-state index is 14.0. The zero-order valence-electron chi connectivity index (χ0n) is 32.3. The van der Waals surface area contributed by atoms with Crippen LogP contribution in [0.1, 0.15) is 59.0 Å². The molecule has 0 fully saturated rings. The zero-order valence-corrected chi connectivity index (χ0v) is 32.3. The van der Waals surface area contributed by atoms with Crippen molar-refractivity contribution in [2.45, 2.75) is 27.2 Å². The second kappa shape index (κ2) is 17.9. The summed E-state index contributed by atoms with van der Waals surface area (Å²) in [5.74, 6) is -0.267. The minimum atomic E-state index is -0.134. The lowest BCUT2D eigenvalue weighted by molar-refractivity contribution is 0.0979. The van der Waals surface area contributed by atoms with Gasteiger partial charge in [-0.15, -0.1) is 19.7 Å². The van der Waals surface area contributed by atoms with Crippen LogP contribution < -0.4 is 4.90 Å². The van der Waals surface area contributed by atoms with Gasteiger partial charge in [0, 0.05) is 55.8 Å². The van der Waals surface area contributed by atoms with Crippen LogP contribution in [-0.4, -0.2) is 16.1 Å². The third kappa shape index (κ3) is 7.38. The van der Waals surface area contributed by atoms with Crippen LogP contribution in [0.5, 0.6) is 0 Å². The summed E-state index contributed by atoms with van der Waals surface area (Å²) in [7, 11) is 0. The molecule has 0 radical (unpaired) electrons. The normalized spacial score (nSPS) is 11.1. The van der Waals surface area contributed by atoms with E-state index in [1.807, 2.05) is 105 Å².